The van der Waals surface area contributed by atoms with Gasteiger partial charge in [0.15, 0.2) is 0 Å². The first-order chi connectivity index (χ1) is 7.74. The lowest BCUT2D eigenvalue weighted by atomic mass is 10.3. The van der Waals surface area contributed by atoms with Gasteiger partial charge in [0.25, 0.3) is 0 Å². The molecule has 1 aromatic heterocycles. The molecule has 0 spiro atoms. The Kier molecular flexibility index (Phi) is 3.36. The number of nitrogens with zero attached hydrogens (tertiary/aromatic N) is 2. The average Bonchev–Trinajstić information content (AvgIpc) is 2.71. The number of aromatic nitrogens is 2. The number of halogens is 2. The predicted octanol–water partition coefficient (Wildman–Crippen LogP) is 3.61. The lowest BCUT2D eigenvalue weighted by Crippen LogP contribution is -2.05. The van der Waals surface area contributed by atoms with Gasteiger partial charge in [0.1, 0.15) is 0 Å². The van der Waals surface area contributed by atoms with Crippen molar-refractivity contribution in [2.24, 2.45) is 0 Å². The van der Waals surface area contributed by atoms with E-state index in [1.54, 1.807) is 12.3 Å². The van der Waals surface area contributed by atoms with Crippen LogP contribution in [0.15, 0.2) is 30.6 Å². The van der Waals surface area contributed by atoms with Gasteiger partial charge in [-0.05, 0) is 19.1 Å². The second-order valence-corrected chi connectivity index (χ2v) is 4.01. The third-order valence-electron chi connectivity index (χ3n) is 2.17. The second kappa shape index (κ2) is 4.76. The fraction of sp³-hybridized carbons (Fsp3) is 0.182. The van der Waals surface area contributed by atoms with E-state index in [9.17, 15) is 0 Å². The van der Waals surface area contributed by atoms with Gasteiger partial charge in [0.05, 0.1) is 15.7 Å². The van der Waals surface area contributed by atoms with Crippen molar-refractivity contribution < 1.29 is 0 Å². The first kappa shape index (κ1) is 11.3. The highest BCUT2D eigenvalue weighted by Crippen LogP contribution is 2.29. The van der Waals surface area contributed by atoms with Gasteiger partial charge in [-0.1, -0.05) is 29.3 Å². The van der Waals surface area contributed by atoms with E-state index in [-0.39, 0.29) is 0 Å². The van der Waals surface area contributed by atoms with Crippen LogP contribution in [-0.2, 0) is 0 Å². The molecule has 0 unspecified atom stereocenters. The van der Waals surface area contributed by atoms with Gasteiger partial charge in [-0.2, -0.15) is 0 Å². The highest BCUT2D eigenvalue weighted by Gasteiger charge is 2.09. The Bertz CT molecular complexity index is 494. The largest absolute Gasteiger partial charge is 0.356 e. The second-order valence-electron chi connectivity index (χ2n) is 3.22. The molecule has 16 heavy (non-hydrogen) atoms. The van der Waals surface area contributed by atoms with Crippen molar-refractivity contribution in [3.05, 3.63) is 40.6 Å². The smallest absolute Gasteiger partial charge is 0.207 e. The molecule has 2 aromatic rings. The Morgan fingerprint density at radius 2 is 2.19 bits per heavy atom. The minimum atomic E-state index is 0.529. The summed E-state index contributed by atoms with van der Waals surface area (Å²) >= 11 is 12.1. The molecule has 84 valence electrons. The maximum Gasteiger partial charge on any atom is 0.207 e. The van der Waals surface area contributed by atoms with Gasteiger partial charge in [-0.15, -0.1) is 0 Å². The quantitative estimate of drug-likeness (QED) is 0.909. The third-order valence-corrected chi connectivity index (χ3v) is 2.98. The lowest BCUT2D eigenvalue weighted by Gasteiger charge is -2.10. The van der Waals surface area contributed by atoms with E-state index < -0.39 is 0 Å². The summed E-state index contributed by atoms with van der Waals surface area (Å²) in [6.45, 7) is 2.81. The zero-order chi connectivity index (χ0) is 11.5. The van der Waals surface area contributed by atoms with Crippen molar-refractivity contribution in [1.82, 2.24) is 9.55 Å². The molecule has 2 rings (SSSR count). The van der Waals surface area contributed by atoms with Gasteiger partial charge in [-0.25, -0.2) is 4.98 Å². The molecule has 0 bridgehead atoms. The van der Waals surface area contributed by atoms with Crippen LogP contribution >= 0.6 is 23.2 Å². The number of hydrogen-bond acceptors (Lipinski definition) is 2. The van der Waals surface area contributed by atoms with Crippen LogP contribution in [0.2, 0.25) is 10.0 Å². The molecule has 0 amide bonds. The van der Waals surface area contributed by atoms with Crippen molar-refractivity contribution in [3.63, 3.8) is 0 Å². The molecule has 5 heteroatoms. The monoisotopic (exact) mass is 255 g/mol. The fourth-order valence-electron chi connectivity index (χ4n) is 1.47. The molecule has 0 fully saturated rings. The topological polar surface area (TPSA) is 29.9 Å². The highest BCUT2D eigenvalue weighted by molar-refractivity contribution is 6.43. The van der Waals surface area contributed by atoms with Gasteiger partial charge < -0.3 is 5.32 Å². The fourth-order valence-corrected chi connectivity index (χ4v) is 1.85. The zero-order valence-electron chi connectivity index (χ0n) is 8.74. The summed E-state index contributed by atoms with van der Waals surface area (Å²) in [4.78, 5) is 4.20. The van der Waals surface area contributed by atoms with Crippen molar-refractivity contribution in [2.75, 3.05) is 11.9 Å². The van der Waals surface area contributed by atoms with Crippen LogP contribution in [0.1, 0.15) is 6.92 Å². The summed E-state index contributed by atoms with van der Waals surface area (Å²) in [7, 11) is 0. The summed E-state index contributed by atoms with van der Waals surface area (Å²) in [6.07, 6.45) is 3.56. The average molecular weight is 256 g/mol. The van der Waals surface area contributed by atoms with Crippen LogP contribution in [0.4, 0.5) is 5.95 Å². The Morgan fingerprint density at radius 1 is 1.38 bits per heavy atom. The van der Waals surface area contributed by atoms with Crippen LogP contribution in [0, 0.1) is 0 Å². The summed E-state index contributed by atoms with van der Waals surface area (Å²) in [5.41, 5.74) is 0.822. The predicted molar refractivity (Wildman–Crippen MR) is 67.7 cm³/mol. The third kappa shape index (κ3) is 2.01. The van der Waals surface area contributed by atoms with Gasteiger partial charge in [0, 0.05) is 18.9 Å². The van der Waals surface area contributed by atoms with Crippen LogP contribution < -0.4 is 5.32 Å². The molecule has 0 saturated carbocycles. The lowest BCUT2D eigenvalue weighted by molar-refractivity contribution is 1.02. The van der Waals surface area contributed by atoms with Crippen molar-refractivity contribution in [1.29, 1.82) is 0 Å². The standard InChI is InChI=1S/C11H11Cl2N3/c1-2-14-11-15-6-7-16(11)9-5-3-4-8(12)10(9)13/h3-7H,2H2,1H3,(H,14,15). The maximum absolute atomic E-state index is 6.15. The maximum atomic E-state index is 6.15. The van der Waals surface area contributed by atoms with Crippen LogP contribution in [0.5, 0.6) is 0 Å². The van der Waals surface area contributed by atoms with Crippen molar-refractivity contribution in [2.45, 2.75) is 6.92 Å². The van der Waals surface area contributed by atoms with E-state index in [2.05, 4.69) is 10.3 Å². The number of anilines is 1. The molecular weight excluding hydrogens is 245 g/mol. The zero-order valence-corrected chi connectivity index (χ0v) is 10.3. The molecule has 3 nitrogen and oxygen atoms in total. The number of rotatable bonds is 3. The van der Waals surface area contributed by atoms with E-state index in [1.807, 2.05) is 29.8 Å². The summed E-state index contributed by atoms with van der Waals surface area (Å²) in [5, 5.41) is 4.22. The van der Waals surface area contributed by atoms with Crippen LogP contribution in [0.3, 0.4) is 0 Å². The summed E-state index contributed by atoms with van der Waals surface area (Å²) in [6, 6.07) is 5.52. The molecule has 1 heterocycles. The molecule has 0 aliphatic carbocycles. The first-order valence-corrected chi connectivity index (χ1v) is 5.71. The van der Waals surface area contributed by atoms with Gasteiger partial charge in [0.2, 0.25) is 5.95 Å². The van der Waals surface area contributed by atoms with Crippen molar-refractivity contribution >= 4 is 29.2 Å². The Hall–Kier alpha value is -1.19. The summed E-state index contributed by atoms with van der Waals surface area (Å²) in [5.74, 6) is 0.756. The number of benzene rings is 1. The Morgan fingerprint density at radius 3 is 2.94 bits per heavy atom. The normalized spacial score (nSPS) is 10.4. The van der Waals surface area contributed by atoms with Crippen LogP contribution in [0.25, 0.3) is 5.69 Å². The van der Waals surface area contributed by atoms with Gasteiger partial charge >= 0.3 is 0 Å². The van der Waals surface area contributed by atoms with E-state index >= 15 is 0 Å². The number of imidazole rings is 1. The highest BCUT2D eigenvalue weighted by atomic mass is 35.5. The minimum absolute atomic E-state index is 0.529. The van der Waals surface area contributed by atoms with Crippen molar-refractivity contribution in [3.8, 4) is 5.69 Å². The number of nitrogens with one attached hydrogen (secondary N) is 1. The number of hydrogen-bond donors (Lipinski definition) is 1. The van der Waals surface area contributed by atoms with E-state index in [1.165, 1.54) is 0 Å². The molecule has 0 saturated heterocycles. The molecule has 0 aliphatic rings. The first-order valence-electron chi connectivity index (χ1n) is 4.95. The molecule has 0 atom stereocenters. The Balaban J connectivity index is 2.50. The van der Waals surface area contributed by atoms with E-state index in [0.717, 1.165) is 18.2 Å². The summed E-state index contributed by atoms with van der Waals surface area (Å²) < 4.78 is 1.87. The molecule has 1 N–H and O–H groups in total. The molecular formula is C11H11Cl2N3. The minimum Gasteiger partial charge on any atom is -0.356 e. The van der Waals surface area contributed by atoms with E-state index in [0.29, 0.717) is 10.0 Å². The molecule has 0 radical (unpaired) electrons. The SMILES string of the molecule is CCNc1nccn1-c1cccc(Cl)c1Cl. The van der Waals surface area contributed by atoms with Gasteiger partial charge in [-0.3, -0.25) is 4.57 Å². The van der Waals surface area contributed by atoms with E-state index in [4.69, 9.17) is 23.2 Å². The molecule has 1 aromatic carbocycles. The van der Waals surface area contributed by atoms with Crippen LogP contribution in [-0.4, -0.2) is 16.1 Å². The molecule has 0 aliphatic heterocycles. The Labute approximate surface area is 104 Å².